The molecule has 170 valence electrons. The van der Waals surface area contributed by atoms with Gasteiger partial charge in [0.1, 0.15) is 23.0 Å². The molecule has 0 fully saturated rings. The molecule has 0 amide bonds. The molecule has 0 saturated carbocycles. The van der Waals surface area contributed by atoms with E-state index in [0.717, 1.165) is 17.7 Å². The maximum Gasteiger partial charge on any atom is 0.427 e. The number of ketones is 1. The third-order valence-corrected chi connectivity index (χ3v) is 5.64. The number of aryl methyl sites for hydroxylation is 2. The monoisotopic (exact) mass is 470 g/mol. The Morgan fingerprint density at radius 3 is 2.34 bits per heavy atom. The highest BCUT2D eigenvalue weighted by molar-refractivity contribution is 7.06. The number of pyridine rings is 1. The Balaban J connectivity index is 1.91. The fourth-order valence-corrected chi connectivity index (χ4v) is 3.76. The second-order valence-electron chi connectivity index (χ2n) is 7.12. The van der Waals surface area contributed by atoms with E-state index < -0.39 is 35.0 Å². The molecule has 3 aromatic rings. The van der Waals surface area contributed by atoms with Crippen LogP contribution < -0.4 is 4.74 Å². The van der Waals surface area contributed by atoms with Crippen molar-refractivity contribution in [3.05, 3.63) is 63.7 Å². The van der Waals surface area contributed by atoms with Crippen LogP contribution in [0.4, 0.5) is 22.0 Å². The number of hydrogen-bond acceptors (Lipinski definition) is 5. The van der Waals surface area contributed by atoms with Crippen LogP contribution in [0.2, 0.25) is 0 Å². The normalized spacial score (nSPS) is 11.6. The fraction of sp³-hybridized carbons (Fsp3) is 0.318. The van der Waals surface area contributed by atoms with E-state index in [1.807, 2.05) is 6.92 Å². The molecular formula is C22H19F5N2O2S. The van der Waals surface area contributed by atoms with Crippen LogP contribution in [0.1, 0.15) is 41.8 Å². The molecule has 0 radical (unpaired) electrons. The summed E-state index contributed by atoms with van der Waals surface area (Å²) in [6.07, 6.45) is -2.23. The zero-order valence-electron chi connectivity index (χ0n) is 17.2. The summed E-state index contributed by atoms with van der Waals surface area (Å²) in [6.45, 7) is 2.52. The lowest BCUT2D eigenvalue weighted by molar-refractivity contribution is -0.135. The minimum atomic E-state index is -4.72. The van der Waals surface area contributed by atoms with Gasteiger partial charge in [0.2, 0.25) is 0 Å². The summed E-state index contributed by atoms with van der Waals surface area (Å²) in [5, 5.41) is 0. The number of nitrogens with zero attached hydrogens (tertiary/aromatic N) is 2. The van der Waals surface area contributed by atoms with Crippen molar-refractivity contribution in [1.82, 2.24) is 9.36 Å². The Bertz CT molecular complexity index is 1090. The molecule has 0 atom stereocenters. The molecule has 4 nitrogen and oxygen atoms in total. The molecule has 0 aliphatic carbocycles. The van der Waals surface area contributed by atoms with E-state index >= 15 is 0 Å². The summed E-state index contributed by atoms with van der Waals surface area (Å²) in [4.78, 5) is 14.2. The number of aromatic nitrogens is 2. The Hall–Kier alpha value is -2.88. The first-order valence-electron chi connectivity index (χ1n) is 9.71. The Morgan fingerprint density at radius 2 is 1.81 bits per heavy atom. The molecule has 0 N–H and O–H groups in total. The number of ether oxygens (including phenoxy) is 1. The largest absolute Gasteiger partial charge is 0.483 e. The second kappa shape index (κ2) is 9.72. The van der Waals surface area contributed by atoms with E-state index in [1.165, 1.54) is 13.1 Å². The van der Waals surface area contributed by atoms with Gasteiger partial charge in [0.15, 0.2) is 17.4 Å². The van der Waals surface area contributed by atoms with E-state index in [0.29, 0.717) is 6.42 Å². The van der Waals surface area contributed by atoms with Gasteiger partial charge in [-0.15, -0.1) is 0 Å². The Morgan fingerprint density at radius 1 is 1.12 bits per heavy atom. The zero-order chi connectivity index (χ0) is 23.5. The topological polar surface area (TPSA) is 52.1 Å². The van der Waals surface area contributed by atoms with Crippen molar-refractivity contribution in [3.63, 3.8) is 0 Å². The van der Waals surface area contributed by atoms with Crippen LogP contribution >= 0.6 is 11.5 Å². The summed E-state index contributed by atoms with van der Waals surface area (Å²) in [7, 11) is 0. The van der Waals surface area contributed by atoms with Gasteiger partial charge >= 0.3 is 6.18 Å². The summed E-state index contributed by atoms with van der Waals surface area (Å²) >= 11 is 0.229. The molecule has 32 heavy (non-hydrogen) atoms. The van der Waals surface area contributed by atoms with E-state index in [1.54, 1.807) is 12.1 Å². The molecule has 0 saturated heterocycles. The zero-order valence-corrected chi connectivity index (χ0v) is 18.0. The summed E-state index contributed by atoms with van der Waals surface area (Å²) in [6, 6.07) is 5.27. The Labute approximate surface area is 185 Å². The Kier molecular flexibility index (Phi) is 7.22. The molecule has 0 unspecified atom stereocenters. The van der Waals surface area contributed by atoms with E-state index in [2.05, 4.69) is 9.36 Å². The number of hydrogen-bond donors (Lipinski definition) is 0. The van der Waals surface area contributed by atoms with Gasteiger partial charge in [0.25, 0.3) is 0 Å². The molecule has 2 aromatic heterocycles. The lowest BCUT2D eigenvalue weighted by Gasteiger charge is -2.13. The molecule has 0 spiro atoms. The van der Waals surface area contributed by atoms with Crippen LogP contribution in [0.15, 0.2) is 30.5 Å². The highest BCUT2D eigenvalue weighted by atomic mass is 32.1. The number of Topliss-reactive ketones (excluding diaryl/α,β-unsaturated/α-hetero) is 1. The van der Waals surface area contributed by atoms with Crippen molar-refractivity contribution in [2.75, 3.05) is 0 Å². The van der Waals surface area contributed by atoms with Crippen molar-refractivity contribution in [1.29, 1.82) is 0 Å². The number of carbonyl (C=O) groups is 1. The van der Waals surface area contributed by atoms with Gasteiger partial charge in [-0.25, -0.2) is 8.78 Å². The van der Waals surface area contributed by atoms with Crippen LogP contribution in [0, 0.1) is 11.6 Å². The number of rotatable bonds is 8. The molecule has 2 heterocycles. The maximum absolute atomic E-state index is 14.4. The minimum Gasteiger partial charge on any atom is -0.483 e. The summed E-state index contributed by atoms with van der Waals surface area (Å²) in [5.41, 5.74) is 0.944. The van der Waals surface area contributed by atoms with Gasteiger partial charge in [-0.05, 0) is 60.6 Å². The third-order valence-electron chi connectivity index (χ3n) is 4.71. The molecule has 1 aromatic carbocycles. The van der Waals surface area contributed by atoms with Crippen molar-refractivity contribution >= 4 is 17.3 Å². The van der Waals surface area contributed by atoms with Crippen LogP contribution in [0.5, 0.6) is 5.75 Å². The first-order valence-corrected chi connectivity index (χ1v) is 10.5. The smallest absolute Gasteiger partial charge is 0.427 e. The maximum atomic E-state index is 14.4. The standard InChI is InChI=1S/C22H19F5N2O2S/c1-3-13-6-7-18(28-10-13)19-15(21(32-29-19)22(25,26)27)11-31-20-16(23)8-14(9-17(20)24)5-4-12(2)30/h6-10H,3-5,11H2,1-2H3. The van der Waals surface area contributed by atoms with Gasteiger partial charge in [0.05, 0.1) is 5.69 Å². The fourth-order valence-electron chi connectivity index (χ4n) is 3.00. The van der Waals surface area contributed by atoms with Gasteiger partial charge in [-0.2, -0.15) is 17.5 Å². The van der Waals surface area contributed by atoms with Gasteiger partial charge in [-0.1, -0.05) is 13.0 Å². The quantitative estimate of drug-likeness (QED) is 0.370. The van der Waals surface area contributed by atoms with Crippen LogP contribution in [-0.2, 0) is 30.4 Å². The predicted molar refractivity (Wildman–Crippen MR) is 109 cm³/mol. The van der Waals surface area contributed by atoms with Crippen LogP contribution in [-0.4, -0.2) is 15.1 Å². The molecule has 0 aliphatic rings. The molecule has 0 bridgehead atoms. The molecule has 3 rings (SSSR count). The average molecular weight is 470 g/mol. The number of halogens is 5. The predicted octanol–water partition coefficient (Wildman–Crippen LogP) is 6.17. The summed E-state index contributed by atoms with van der Waals surface area (Å²) in [5.74, 6) is -3.06. The first kappa shape index (κ1) is 23.8. The van der Waals surface area contributed by atoms with Crippen molar-refractivity contribution in [2.45, 2.75) is 45.9 Å². The number of alkyl halides is 3. The lowest BCUT2D eigenvalue weighted by atomic mass is 10.1. The molecule has 10 heteroatoms. The number of carbonyl (C=O) groups excluding carboxylic acids is 1. The molecule has 0 aliphatic heterocycles. The third kappa shape index (κ3) is 5.48. The summed E-state index contributed by atoms with van der Waals surface area (Å²) < 4.78 is 78.4. The van der Waals surface area contributed by atoms with Gasteiger partial charge in [-0.3, -0.25) is 4.98 Å². The van der Waals surface area contributed by atoms with E-state index in [9.17, 15) is 26.7 Å². The van der Waals surface area contributed by atoms with E-state index in [-0.39, 0.29) is 52.7 Å². The first-order chi connectivity index (χ1) is 15.1. The van der Waals surface area contributed by atoms with E-state index in [4.69, 9.17) is 4.74 Å². The molecular weight excluding hydrogens is 451 g/mol. The van der Waals surface area contributed by atoms with Crippen molar-refractivity contribution in [3.8, 4) is 17.1 Å². The second-order valence-corrected chi connectivity index (χ2v) is 7.89. The SMILES string of the molecule is CCc1ccc(-c2nsc(C(F)(F)F)c2COc2c(F)cc(CCC(C)=O)cc2F)nc1. The van der Waals surface area contributed by atoms with Gasteiger partial charge in [0, 0.05) is 18.2 Å². The lowest BCUT2D eigenvalue weighted by Crippen LogP contribution is -2.10. The highest BCUT2D eigenvalue weighted by Crippen LogP contribution is 2.40. The average Bonchev–Trinajstić information content (AvgIpc) is 3.16. The minimum absolute atomic E-state index is 0.0520. The highest BCUT2D eigenvalue weighted by Gasteiger charge is 2.38. The number of benzene rings is 1. The van der Waals surface area contributed by atoms with Crippen molar-refractivity contribution in [2.24, 2.45) is 0 Å². The van der Waals surface area contributed by atoms with Gasteiger partial charge < -0.3 is 9.53 Å². The van der Waals surface area contributed by atoms with Crippen LogP contribution in [0.3, 0.4) is 0 Å². The van der Waals surface area contributed by atoms with Crippen molar-refractivity contribution < 1.29 is 31.5 Å². The van der Waals surface area contributed by atoms with Crippen LogP contribution in [0.25, 0.3) is 11.4 Å².